The van der Waals surface area contributed by atoms with Crippen LogP contribution in [0, 0.1) is 34.5 Å². The molecule has 3 fully saturated rings. The lowest BCUT2D eigenvalue weighted by Gasteiger charge is -2.59. The van der Waals surface area contributed by atoms with Gasteiger partial charge in [-0.15, -0.1) is 0 Å². The highest BCUT2D eigenvalue weighted by atomic mass is 16.6. The maximum Gasteiger partial charge on any atom is 0.139 e. The first-order valence-corrected chi connectivity index (χ1v) is 11.3. The standard InChI is InChI=1S/C24H38N2O2/c1-16-14-17-15-18(26-28-13-5-12-25-4)8-10-23(17,2)20-9-11-24(3)19(22(16)20)6-7-21(24)27/h15,17,19-20,22,25-26H,1,5-14H2,2-4H3/t17?,19-,20+,22-,23-,24-/m0/s1. The van der Waals surface area contributed by atoms with Crippen molar-refractivity contribution in [2.75, 3.05) is 20.2 Å². The third kappa shape index (κ3) is 3.17. The molecule has 156 valence electrons. The van der Waals surface area contributed by atoms with Crippen LogP contribution in [0.1, 0.15) is 65.2 Å². The summed E-state index contributed by atoms with van der Waals surface area (Å²) in [6.45, 7) is 11.0. The van der Waals surface area contributed by atoms with Gasteiger partial charge in [0.1, 0.15) is 5.78 Å². The molecule has 28 heavy (non-hydrogen) atoms. The number of hydrogen-bond donors (Lipinski definition) is 2. The van der Waals surface area contributed by atoms with Gasteiger partial charge in [0.15, 0.2) is 0 Å². The first-order chi connectivity index (χ1) is 13.4. The predicted molar refractivity (Wildman–Crippen MR) is 112 cm³/mol. The van der Waals surface area contributed by atoms with Gasteiger partial charge in [-0.25, -0.2) is 0 Å². The normalized spacial score (nSPS) is 42.5. The average Bonchev–Trinajstić information content (AvgIpc) is 2.97. The summed E-state index contributed by atoms with van der Waals surface area (Å²) in [4.78, 5) is 18.3. The summed E-state index contributed by atoms with van der Waals surface area (Å²) in [7, 11) is 1.97. The van der Waals surface area contributed by atoms with Gasteiger partial charge >= 0.3 is 0 Å². The number of Topliss-reactive ketones (excluding diaryl/α,β-unsaturated/α-hetero) is 1. The SMILES string of the molecule is C=C1CC2C=C(NOCCCNC)CC[C@]2(C)[C@@H]2CC[C@]3(C)C(=O)CC[C@H]3[C@H]12. The molecule has 4 aliphatic carbocycles. The molecule has 0 bridgehead atoms. The largest absolute Gasteiger partial charge is 0.320 e. The quantitative estimate of drug-likeness (QED) is 0.404. The molecule has 0 aromatic heterocycles. The van der Waals surface area contributed by atoms with Crippen molar-refractivity contribution in [3.05, 3.63) is 23.9 Å². The Morgan fingerprint density at radius 2 is 2.04 bits per heavy atom. The van der Waals surface area contributed by atoms with Crippen LogP contribution in [0.4, 0.5) is 0 Å². The fourth-order valence-corrected chi connectivity index (χ4v) is 7.05. The summed E-state index contributed by atoms with van der Waals surface area (Å²) < 4.78 is 0. The van der Waals surface area contributed by atoms with Crippen molar-refractivity contribution in [2.45, 2.75) is 65.2 Å². The van der Waals surface area contributed by atoms with E-state index in [-0.39, 0.29) is 5.41 Å². The summed E-state index contributed by atoms with van der Waals surface area (Å²) >= 11 is 0. The van der Waals surface area contributed by atoms with E-state index in [2.05, 4.69) is 37.3 Å². The summed E-state index contributed by atoms with van der Waals surface area (Å²) in [5, 5.41) is 3.15. The molecule has 2 N–H and O–H groups in total. The summed E-state index contributed by atoms with van der Waals surface area (Å²) in [5.41, 5.74) is 6.13. The first kappa shape index (κ1) is 20.2. The van der Waals surface area contributed by atoms with E-state index in [0.717, 1.165) is 51.7 Å². The van der Waals surface area contributed by atoms with Crippen LogP contribution >= 0.6 is 0 Å². The molecular weight excluding hydrogens is 348 g/mol. The van der Waals surface area contributed by atoms with Crippen LogP contribution in [-0.4, -0.2) is 26.0 Å². The number of carbonyl (C=O) groups excluding carboxylic acids is 1. The molecule has 0 aromatic rings. The number of ketones is 1. The zero-order chi connectivity index (χ0) is 19.9. The third-order valence-electron chi connectivity index (χ3n) is 8.84. The number of allylic oxidation sites excluding steroid dienone is 3. The Bertz CT molecular complexity index is 672. The molecule has 4 heteroatoms. The van der Waals surface area contributed by atoms with Gasteiger partial charge in [-0.05, 0) is 87.6 Å². The molecule has 4 aliphatic rings. The monoisotopic (exact) mass is 386 g/mol. The van der Waals surface area contributed by atoms with Crippen LogP contribution in [0.15, 0.2) is 23.9 Å². The second-order valence-corrected chi connectivity index (χ2v) is 10.2. The number of hydroxylamine groups is 1. The molecule has 0 heterocycles. The molecule has 3 saturated carbocycles. The van der Waals surface area contributed by atoms with Gasteiger partial charge in [-0.1, -0.05) is 32.1 Å². The lowest BCUT2D eigenvalue weighted by Crippen LogP contribution is -2.53. The summed E-state index contributed by atoms with van der Waals surface area (Å²) in [5.74, 6) is 2.81. The van der Waals surface area contributed by atoms with Gasteiger partial charge in [0.2, 0.25) is 0 Å². The van der Waals surface area contributed by atoms with E-state index in [1.165, 1.54) is 24.1 Å². The Labute approximate surface area is 170 Å². The van der Waals surface area contributed by atoms with Crippen molar-refractivity contribution in [3.8, 4) is 0 Å². The van der Waals surface area contributed by atoms with E-state index in [4.69, 9.17) is 4.84 Å². The van der Waals surface area contributed by atoms with Crippen molar-refractivity contribution in [1.82, 2.24) is 10.8 Å². The fourth-order valence-electron chi connectivity index (χ4n) is 7.05. The topological polar surface area (TPSA) is 50.4 Å². The minimum absolute atomic E-state index is 0.0777. The molecule has 1 unspecified atom stereocenters. The molecule has 0 amide bonds. The van der Waals surface area contributed by atoms with Gasteiger partial charge in [0.25, 0.3) is 0 Å². The Morgan fingerprint density at radius 1 is 1.21 bits per heavy atom. The lowest BCUT2D eigenvalue weighted by molar-refractivity contribution is -0.132. The van der Waals surface area contributed by atoms with Gasteiger partial charge in [-0.3, -0.25) is 15.1 Å². The molecule has 4 rings (SSSR count). The zero-order valence-corrected chi connectivity index (χ0v) is 18.0. The van der Waals surface area contributed by atoms with E-state index < -0.39 is 0 Å². The number of carbonyl (C=O) groups is 1. The van der Waals surface area contributed by atoms with Crippen LogP contribution < -0.4 is 10.8 Å². The van der Waals surface area contributed by atoms with Crippen molar-refractivity contribution in [1.29, 1.82) is 0 Å². The Balaban J connectivity index is 1.48. The Kier molecular flexibility index (Phi) is 5.47. The van der Waals surface area contributed by atoms with Crippen molar-refractivity contribution in [2.24, 2.45) is 34.5 Å². The van der Waals surface area contributed by atoms with E-state index in [1.54, 1.807) is 0 Å². The number of hydrogen-bond acceptors (Lipinski definition) is 4. The van der Waals surface area contributed by atoms with Crippen LogP contribution in [0.25, 0.3) is 0 Å². The molecular formula is C24H38N2O2. The van der Waals surface area contributed by atoms with Crippen molar-refractivity contribution < 1.29 is 9.63 Å². The number of fused-ring (bicyclic) bond motifs is 5. The summed E-state index contributed by atoms with van der Waals surface area (Å²) in [6.07, 6.45) is 10.9. The van der Waals surface area contributed by atoms with Gasteiger partial charge < -0.3 is 5.32 Å². The molecule has 4 nitrogen and oxygen atoms in total. The van der Waals surface area contributed by atoms with Crippen molar-refractivity contribution >= 4 is 5.78 Å². The minimum Gasteiger partial charge on any atom is -0.320 e. The number of rotatable bonds is 6. The molecule has 0 aromatic carbocycles. The molecule has 0 aliphatic heterocycles. The Morgan fingerprint density at radius 3 is 2.82 bits per heavy atom. The molecule has 6 atom stereocenters. The third-order valence-corrected chi connectivity index (χ3v) is 8.84. The highest BCUT2D eigenvalue weighted by Gasteiger charge is 2.60. The highest BCUT2D eigenvalue weighted by Crippen LogP contribution is 2.66. The summed E-state index contributed by atoms with van der Waals surface area (Å²) in [6, 6.07) is 0. The zero-order valence-electron chi connectivity index (χ0n) is 18.0. The van der Waals surface area contributed by atoms with Crippen LogP contribution in [-0.2, 0) is 9.63 Å². The van der Waals surface area contributed by atoms with E-state index in [1.807, 2.05) is 7.05 Å². The maximum absolute atomic E-state index is 12.6. The van der Waals surface area contributed by atoms with Gasteiger partial charge in [0, 0.05) is 17.5 Å². The van der Waals surface area contributed by atoms with Crippen molar-refractivity contribution in [3.63, 3.8) is 0 Å². The van der Waals surface area contributed by atoms with E-state index >= 15 is 0 Å². The second kappa shape index (κ2) is 7.60. The molecule has 0 radical (unpaired) electrons. The first-order valence-electron chi connectivity index (χ1n) is 11.3. The number of nitrogens with one attached hydrogen (secondary N) is 2. The van der Waals surface area contributed by atoms with E-state index in [0.29, 0.717) is 34.9 Å². The van der Waals surface area contributed by atoms with Gasteiger partial charge in [0.05, 0.1) is 6.61 Å². The van der Waals surface area contributed by atoms with Crippen LogP contribution in [0.2, 0.25) is 0 Å². The van der Waals surface area contributed by atoms with E-state index in [9.17, 15) is 4.79 Å². The highest BCUT2D eigenvalue weighted by molar-refractivity contribution is 5.87. The molecule has 0 spiro atoms. The maximum atomic E-state index is 12.6. The Hall–Kier alpha value is -1.13. The predicted octanol–water partition coefficient (Wildman–Crippen LogP) is 4.39. The second-order valence-electron chi connectivity index (χ2n) is 10.2. The van der Waals surface area contributed by atoms with Crippen LogP contribution in [0.3, 0.4) is 0 Å². The fraction of sp³-hybridized carbons (Fsp3) is 0.792. The smallest absolute Gasteiger partial charge is 0.139 e. The average molecular weight is 387 g/mol. The molecule has 0 saturated heterocycles. The van der Waals surface area contributed by atoms with Gasteiger partial charge in [-0.2, -0.15) is 0 Å². The van der Waals surface area contributed by atoms with Crippen LogP contribution in [0.5, 0.6) is 0 Å². The minimum atomic E-state index is -0.0777. The lowest BCUT2D eigenvalue weighted by atomic mass is 9.45.